The molecule has 0 bridgehead atoms. The van der Waals surface area contributed by atoms with Crippen LogP contribution in [-0.4, -0.2) is 44.0 Å². The van der Waals surface area contributed by atoms with E-state index in [1.807, 2.05) is 30.3 Å². The standard InChI is InChI=1S/C19H21Cl2N3O/c1-23-8-10-24(11-9-23)18-7-6-16(21)13-17(18)22-19(25)12-14-2-4-15(20)5-3-14/h2-7,13H,8-12H2,1H3,(H,22,25). The molecule has 0 radical (unpaired) electrons. The Bertz CT molecular complexity index is 741. The van der Waals surface area contributed by atoms with E-state index in [1.54, 1.807) is 12.1 Å². The molecule has 0 aromatic heterocycles. The molecule has 1 aliphatic heterocycles. The van der Waals surface area contributed by atoms with Crippen LogP contribution in [0.15, 0.2) is 42.5 Å². The van der Waals surface area contributed by atoms with E-state index in [-0.39, 0.29) is 5.91 Å². The Morgan fingerprint density at radius 1 is 1.00 bits per heavy atom. The van der Waals surface area contributed by atoms with Crippen LogP contribution in [0, 0.1) is 0 Å². The smallest absolute Gasteiger partial charge is 0.228 e. The normalized spacial score (nSPS) is 15.2. The van der Waals surface area contributed by atoms with Crippen LogP contribution in [0.2, 0.25) is 10.0 Å². The molecule has 2 aromatic rings. The summed E-state index contributed by atoms with van der Waals surface area (Å²) in [5.74, 6) is -0.0695. The second kappa shape index (κ2) is 8.09. The van der Waals surface area contributed by atoms with Crippen molar-refractivity contribution in [3.63, 3.8) is 0 Å². The van der Waals surface area contributed by atoms with Gasteiger partial charge in [0.2, 0.25) is 5.91 Å². The van der Waals surface area contributed by atoms with Crippen molar-refractivity contribution in [3.8, 4) is 0 Å². The number of hydrogen-bond acceptors (Lipinski definition) is 3. The van der Waals surface area contributed by atoms with Crippen molar-refractivity contribution in [1.29, 1.82) is 0 Å². The molecule has 1 heterocycles. The zero-order valence-corrected chi connectivity index (χ0v) is 15.6. The van der Waals surface area contributed by atoms with Gasteiger partial charge in [-0.2, -0.15) is 0 Å². The second-order valence-electron chi connectivity index (χ2n) is 6.30. The van der Waals surface area contributed by atoms with Gasteiger partial charge in [0.15, 0.2) is 0 Å². The van der Waals surface area contributed by atoms with Gasteiger partial charge in [-0.05, 0) is 42.9 Å². The molecule has 1 aliphatic rings. The Labute approximate surface area is 158 Å². The zero-order valence-electron chi connectivity index (χ0n) is 14.1. The molecule has 1 fully saturated rings. The zero-order chi connectivity index (χ0) is 17.8. The van der Waals surface area contributed by atoms with Crippen LogP contribution < -0.4 is 10.2 Å². The quantitative estimate of drug-likeness (QED) is 0.876. The van der Waals surface area contributed by atoms with E-state index < -0.39 is 0 Å². The summed E-state index contributed by atoms with van der Waals surface area (Å²) in [5, 5.41) is 4.29. The topological polar surface area (TPSA) is 35.6 Å². The Balaban J connectivity index is 1.73. The highest BCUT2D eigenvalue weighted by molar-refractivity contribution is 6.31. The molecule has 6 heteroatoms. The van der Waals surface area contributed by atoms with Gasteiger partial charge in [0.25, 0.3) is 0 Å². The minimum Gasteiger partial charge on any atom is -0.367 e. The van der Waals surface area contributed by atoms with Gasteiger partial charge in [-0.15, -0.1) is 0 Å². The minimum atomic E-state index is -0.0695. The lowest BCUT2D eigenvalue weighted by Gasteiger charge is -2.35. The molecule has 0 spiro atoms. The lowest BCUT2D eigenvalue weighted by molar-refractivity contribution is -0.115. The fourth-order valence-corrected chi connectivity index (χ4v) is 3.21. The predicted molar refractivity (Wildman–Crippen MR) is 105 cm³/mol. The predicted octanol–water partition coefficient (Wildman–Crippen LogP) is 3.93. The first-order valence-electron chi connectivity index (χ1n) is 8.28. The Morgan fingerprint density at radius 3 is 2.32 bits per heavy atom. The number of benzene rings is 2. The molecule has 25 heavy (non-hydrogen) atoms. The molecule has 0 aliphatic carbocycles. The van der Waals surface area contributed by atoms with Crippen LogP contribution in [0.1, 0.15) is 5.56 Å². The van der Waals surface area contributed by atoms with E-state index >= 15 is 0 Å². The van der Waals surface area contributed by atoms with E-state index in [1.165, 1.54) is 0 Å². The Kier molecular flexibility index (Phi) is 5.84. The summed E-state index contributed by atoms with van der Waals surface area (Å²) in [6.07, 6.45) is 0.297. The fourth-order valence-electron chi connectivity index (χ4n) is 2.91. The van der Waals surface area contributed by atoms with Crippen molar-refractivity contribution in [2.75, 3.05) is 43.4 Å². The molecular formula is C19H21Cl2N3O. The van der Waals surface area contributed by atoms with Crippen LogP contribution in [0.3, 0.4) is 0 Å². The molecule has 4 nitrogen and oxygen atoms in total. The highest BCUT2D eigenvalue weighted by atomic mass is 35.5. The SMILES string of the molecule is CN1CCN(c2ccc(Cl)cc2NC(=O)Cc2ccc(Cl)cc2)CC1. The highest BCUT2D eigenvalue weighted by Crippen LogP contribution is 2.30. The maximum absolute atomic E-state index is 12.5. The molecular weight excluding hydrogens is 357 g/mol. The summed E-state index contributed by atoms with van der Waals surface area (Å²) in [7, 11) is 2.12. The lowest BCUT2D eigenvalue weighted by atomic mass is 10.1. The van der Waals surface area contributed by atoms with E-state index in [4.69, 9.17) is 23.2 Å². The van der Waals surface area contributed by atoms with Gasteiger partial charge in [0.1, 0.15) is 0 Å². The van der Waals surface area contributed by atoms with Gasteiger partial charge in [-0.25, -0.2) is 0 Å². The van der Waals surface area contributed by atoms with E-state index in [0.29, 0.717) is 16.5 Å². The average Bonchev–Trinajstić information content (AvgIpc) is 2.58. The molecule has 132 valence electrons. The number of carbonyl (C=O) groups excluding carboxylic acids is 1. The maximum Gasteiger partial charge on any atom is 0.228 e. The number of anilines is 2. The molecule has 3 rings (SSSR count). The number of halogens is 2. The third-order valence-corrected chi connectivity index (χ3v) is 4.84. The third-order valence-electron chi connectivity index (χ3n) is 4.35. The number of rotatable bonds is 4. The number of likely N-dealkylation sites (N-methyl/N-ethyl adjacent to an activating group) is 1. The summed E-state index contributed by atoms with van der Waals surface area (Å²) >= 11 is 12.0. The minimum absolute atomic E-state index is 0.0695. The Hall–Kier alpha value is -1.75. The summed E-state index contributed by atoms with van der Waals surface area (Å²) < 4.78 is 0. The van der Waals surface area contributed by atoms with Gasteiger partial charge >= 0.3 is 0 Å². The number of hydrogen-bond donors (Lipinski definition) is 1. The second-order valence-corrected chi connectivity index (χ2v) is 7.18. The molecule has 1 saturated heterocycles. The first kappa shape index (κ1) is 18.1. The highest BCUT2D eigenvalue weighted by Gasteiger charge is 2.18. The van der Waals surface area contributed by atoms with Gasteiger partial charge in [0, 0.05) is 36.2 Å². The summed E-state index contributed by atoms with van der Waals surface area (Å²) in [6, 6.07) is 13.0. The van der Waals surface area contributed by atoms with E-state index in [2.05, 4.69) is 22.2 Å². The number of nitrogens with zero attached hydrogens (tertiary/aromatic N) is 2. The lowest BCUT2D eigenvalue weighted by Crippen LogP contribution is -2.44. The van der Waals surface area contributed by atoms with Crippen molar-refractivity contribution in [2.24, 2.45) is 0 Å². The fraction of sp³-hybridized carbons (Fsp3) is 0.316. The number of nitrogens with one attached hydrogen (secondary N) is 1. The van der Waals surface area contributed by atoms with Gasteiger partial charge in [-0.1, -0.05) is 35.3 Å². The largest absolute Gasteiger partial charge is 0.367 e. The van der Waals surface area contributed by atoms with Crippen molar-refractivity contribution in [3.05, 3.63) is 58.1 Å². The van der Waals surface area contributed by atoms with Gasteiger partial charge < -0.3 is 15.1 Å². The molecule has 1 amide bonds. The first-order valence-corrected chi connectivity index (χ1v) is 9.04. The number of piperazine rings is 1. The molecule has 0 saturated carbocycles. The van der Waals surface area contributed by atoms with Gasteiger partial charge in [-0.3, -0.25) is 4.79 Å². The molecule has 0 unspecified atom stereocenters. The molecule has 0 atom stereocenters. The first-order chi connectivity index (χ1) is 12.0. The Morgan fingerprint density at radius 2 is 1.64 bits per heavy atom. The molecule has 1 N–H and O–H groups in total. The summed E-state index contributed by atoms with van der Waals surface area (Å²) in [5.41, 5.74) is 2.70. The monoisotopic (exact) mass is 377 g/mol. The van der Waals surface area contributed by atoms with Crippen LogP contribution in [0.25, 0.3) is 0 Å². The van der Waals surface area contributed by atoms with Crippen LogP contribution in [0.5, 0.6) is 0 Å². The maximum atomic E-state index is 12.5. The van der Waals surface area contributed by atoms with Crippen molar-refractivity contribution < 1.29 is 4.79 Å². The van der Waals surface area contributed by atoms with Crippen molar-refractivity contribution in [1.82, 2.24) is 4.90 Å². The van der Waals surface area contributed by atoms with Crippen molar-refractivity contribution in [2.45, 2.75) is 6.42 Å². The van der Waals surface area contributed by atoms with Gasteiger partial charge in [0.05, 0.1) is 17.8 Å². The number of amides is 1. The molecule has 2 aromatic carbocycles. The van der Waals surface area contributed by atoms with Crippen LogP contribution in [-0.2, 0) is 11.2 Å². The van der Waals surface area contributed by atoms with Crippen LogP contribution >= 0.6 is 23.2 Å². The van der Waals surface area contributed by atoms with Crippen LogP contribution in [0.4, 0.5) is 11.4 Å². The third kappa shape index (κ3) is 4.88. The van der Waals surface area contributed by atoms with E-state index in [9.17, 15) is 4.79 Å². The van der Waals surface area contributed by atoms with Crippen molar-refractivity contribution >= 4 is 40.5 Å². The average molecular weight is 378 g/mol. The number of carbonyl (C=O) groups is 1. The summed E-state index contributed by atoms with van der Waals surface area (Å²) in [6.45, 7) is 3.86. The summed E-state index contributed by atoms with van der Waals surface area (Å²) in [4.78, 5) is 17.0. The van der Waals surface area contributed by atoms with E-state index in [0.717, 1.165) is 43.1 Å².